The van der Waals surface area contributed by atoms with Crippen molar-refractivity contribution in [3.05, 3.63) is 109 Å². The van der Waals surface area contributed by atoms with Crippen LogP contribution in [0.5, 0.6) is 0 Å². The van der Waals surface area contributed by atoms with Crippen molar-refractivity contribution < 1.29 is 28.6 Å². The Kier molecular flexibility index (Phi) is 62.3. The lowest BCUT2D eigenvalue weighted by Gasteiger charge is -2.18. The smallest absolute Gasteiger partial charge is 0.306 e. The molecule has 0 saturated carbocycles. The molecule has 0 N–H and O–H groups in total. The predicted molar refractivity (Wildman–Crippen MR) is 339 cm³/mol. The first-order valence-electron chi connectivity index (χ1n) is 32.9. The molecule has 6 nitrogen and oxygen atoms in total. The number of hydrogen-bond acceptors (Lipinski definition) is 6. The molecule has 1 atom stereocenters. The molecule has 1 unspecified atom stereocenters. The molecule has 446 valence electrons. The number of allylic oxidation sites excluding steroid dienone is 18. The van der Waals surface area contributed by atoms with Gasteiger partial charge in [0.1, 0.15) is 13.2 Å². The van der Waals surface area contributed by atoms with Crippen LogP contribution in [0.4, 0.5) is 0 Å². The molecule has 6 heteroatoms. The Balaban J connectivity index is 4.30. The summed E-state index contributed by atoms with van der Waals surface area (Å²) < 4.78 is 16.9. The molecule has 0 aliphatic heterocycles. The highest BCUT2D eigenvalue weighted by Crippen LogP contribution is 2.16. The Bertz CT molecular complexity index is 1570. The minimum Gasteiger partial charge on any atom is -0.462 e. The lowest BCUT2D eigenvalue weighted by Crippen LogP contribution is -2.30. The second-order valence-corrected chi connectivity index (χ2v) is 21.6. The van der Waals surface area contributed by atoms with Crippen LogP contribution in [0.25, 0.3) is 0 Å². The van der Waals surface area contributed by atoms with Gasteiger partial charge < -0.3 is 14.2 Å². The Morgan fingerprint density at radius 2 is 0.500 bits per heavy atom. The van der Waals surface area contributed by atoms with Crippen LogP contribution in [0.3, 0.4) is 0 Å². The first-order chi connectivity index (χ1) is 38.5. The van der Waals surface area contributed by atoms with Crippen molar-refractivity contribution in [3.8, 4) is 0 Å². The van der Waals surface area contributed by atoms with Gasteiger partial charge in [0.05, 0.1) is 0 Å². The first-order valence-corrected chi connectivity index (χ1v) is 32.9. The van der Waals surface area contributed by atoms with Gasteiger partial charge in [-0.05, 0) is 103 Å². The van der Waals surface area contributed by atoms with Gasteiger partial charge in [-0.1, -0.05) is 297 Å². The van der Waals surface area contributed by atoms with E-state index in [0.29, 0.717) is 19.3 Å². The number of esters is 3. The maximum Gasteiger partial charge on any atom is 0.306 e. The fraction of sp³-hybridized carbons (Fsp3) is 0.708. The van der Waals surface area contributed by atoms with Crippen molar-refractivity contribution in [1.29, 1.82) is 0 Å². The van der Waals surface area contributed by atoms with E-state index in [1.165, 1.54) is 148 Å². The van der Waals surface area contributed by atoms with Crippen molar-refractivity contribution in [1.82, 2.24) is 0 Å². The summed E-state index contributed by atoms with van der Waals surface area (Å²) in [6.07, 6.45) is 89.5. The average Bonchev–Trinajstić information content (AvgIpc) is 3.44. The topological polar surface area (TPSA) is 78.9 Å². The van der Waals surface area contributed by atoms with E-state index in [1.54, 1.807) is 0 Å². The zero-order chi connectivity index (χ0) is 56.4. The average molecular weight is 1080 g/mol. The van der Waals surface area contributed by atoms with Gasteiger partial charge in [0.25, 0.3) is 0 Å². The van der Waals surface area contributed by atoms with Crippen molar-refractivity contribution in [2.24, 2.45) is 0 Å². The van der Waals surface area contributed by atoms with Crippen molar-refractivity contribution in [2.75, 3.05) is 13.2 Å². The van der Waals surface area contributed by atoms with E-state index >= 15 is 0 Å². The maximum atomic E-state index is 12.9. The van der Waals surface area contributed by atoms with E-state index in [9.17, 15) is 14.4 Å². The Labute approximate surface area is 482 Å². The van der Waals surface area contributed by atoms with Gasteiger partial charge >= 0.3 is 17.9 Å². The van der Waals surface area contributed by atoms with Crippen LogP contribution < -0.4 is 0 Å². The molecule has 0 aliphatic carbocycles. The van der Waals surface area contributed by atoms with Crippen LogP contribution in [-0.2, 0) is 28.6 Å². The summed E-state index contributed by atoms with van der Waals surface area (Å²) in [5.74, 6) is -0.885. The predicted octanol–water partition coefficient (Wildman–Crippen LogP) is 22.6. The monoisotopic (exact) mass is 1080 g/mol. The van der Waals surface area contributed by atoms with Gasteiger partial charge in [0, 0.05) is 19.3 Å². The summed E-state index contributed by atoms with van der Waals surface area (Å²) in [5.41, 5.74) is 0. The Morgan fingerprint density at radius 1 is 0.269 bits per heavy atom. The van der Waals surface area contributed by atoms with E-state index in [4.69, 9.17) is 14.2 Å². The van der Waals surface area contributed by atoms with Crippen molar-refractivity contribution >= 4 is 17.9 Å². The zero-order valence-electron chi connectivity index (χ0n) is 51.2. The summed E-state index contributed by atoms with van der Waals surface area (Å²) >= 11 is 0. The Hall–Kier alpha value is -3.93. The third-order valence-corrected chi connectivity index (χ3v) is 14.0. The zero-order valence-corrected chi connectivity index (χ0v) is 51.2. The third-order valence-electron chi connectivity index (χ3n) is 14.0. The minimum atomic E-state index is -0.786. The van der Waals surface area contributed by atoms with Gasteiger partial charge in [0.15, 0.2) is 6.10 Å². The minimum absolute atomic E-state index is 0.0809. The fourth-order valence-electron chi connectivity index (χ4n) is 9.17. The van der Waals surface area contributed by atoms with E-state index in [-0.39, 0.29) is 31.1 Å². The standard InChI is InChI=1S/C72H122O6/c1-4-7-10-13-16-19-22-25-28-30-31-32-33-34-35-36-37-38-39-40-41-43-44-47-50-53-56-59-62-65-71(74)77-68-69(67-76-70(73)64-61-58-55-52-49-46-27-24-21-18-15-12-9-6-3)78-72(75)66-63-60-57-54-51-48-45-42-29-26-23-20-17-14-11-8-5-2/h7-8,10-11,16-17,19-20,25-26,28-29,31-32,34-35,37-38,69H,4-6,9,12-15,18,21-24,27,30,33,36,39-68H2,1-3H3/b10-7-,11-8-,19-16-,20-17-,28-25-,29-26-,32-31-,35-34-,38-37-. The van der Waals surface area contributed by atoms with Gasteiger partial charge in [-0.3, -0.25) is 14.4 Å². The lowest BCUT2D eigenvalue weighted by atomic mass is 10.0. The molecule has 0 heterocycles. The maximum absolute atomic E-state index is 12.9. The molecule has 0 aromatic heterocycles. The summed E-state index contributed by atoms with van der Waals surface area (Å²) in [4.78, 5) is 38.3. The summed E-state index contributed by atoms with van der Waals surface area (Å²) in [7, 11) is 0. The molecule has 0 saturated heterocycles. The third kappa shape index (κ3) is 62.9. The number of carbonyl (C=O) groups is 3. The molecule has 0 rings (SSSR count). The Morgan fingerprint density at radius 3 is 0.782 bits per heavy atom. The molecule has 0 aliphatic rings. The van der Waals surface area contributed by atoms with Gasteiger partial charge in [-0.15, -0.1) is 0 Å². The number of hydrogen-bond donors (Lipinski definition) is 0. The molecule has 0 aromatic carbocycles. The lowest BCUT2D eigenvalue weighted by molar-refractivity contribution is -0.167. The van der Waals surface area contributed by atoms with Crippen molar-refractivity contribution in [2.45, 2.75) is 316 Å². The van der Waals surface area contributed by atoms with Crippen LogP contribution in [0.2, 0.25) is 0 Å². The number of unbranched alkanes of at least 4 members (excludes halogenated alkanes) is 30. The van der Waals surface area contributed by atoms with Gasteiger partial charge in [-0.25, -0.2) is 0 Å². The first kappa shape index (κ1) is 74.1. The number of rotatable bonds is 59. The van der Waals surface area contributed by atoms with Crippen LogP contribution in [0.1, 0.15) is 310 Å². The molecule has 0 bridgehead atoms. The van der Waals surface area contributed by atoms with Crippen LogP contribution in [-0.4, -0.2) is 37.2 Å². The summed E-state index contributed by atoms with van der Waals surface area (Å²) in [6, 6.07) is 0. The molecule has 0 fully saturated rings. The fourth-order valence-corrected chi connectivity index (χ4v) is 9.17. The van der Waals surface area contributed by atoms with Crippen LogP contribution in [0.15, 0.2) is 109 Å². The highest BCUT2D eigenvalue weighted by atomic mass is 16.6. The molecule has 78 heavy (non-hydrogen) atoms. The van der Waals surface area contributed by atoms with E-state index in [1.807, 2.05) is 0 Å². The number of ether oxygens (including phenoxy) is 3. The second kappa shape index (κ2) is 65.6. The van der Waals surface area contributed by atoms with Gasteiger partial charge in [0.2, 0.25) is 0 Å². The van der Waals surface area contributed by atoms with Gasteiger partial charge in [-0.2, -0.15) is 0 Å². The van der Waals surface area contributed by atoms with E-state index in [2.05, 4.69) is 130 Å². The highest BCUT2D eigenvalue weighted by molar-refractivity contribution is 5.71. The molecule has 0 amide bonds. The molecular weight excluding hydrogens is 961 g/mol. The van der Waals surface area contributed by atoms with Crippen LogP contribution in [0, 0.1) is 0 Å². The second-order valence-electron chi connectivity index (χ2n) is 21.6. The quantitative estimate of drug-likeness (QED) is 0.0261. The molecule has 0 aromatic rings. The molecular formula is C72H122O6. The summed E-state index contributed by atoms with van der Waals surface area (Å²) in [6.45, 7) is 6.43. The number of carbonyl (C=O) groups excluding carboxylic acids is 3. The van der Waals surface area contributed by atoms with Crippen molar-refractivity contribution in [3.63, 3.8) is 0 Å². The largest absolute Gasteiger partial charge is 0.462 e. The van der Waals surface area contributed by atoms with E-state index in [0.717, 1.165) is 122 Å². The highest BCUT2D eigenvalue weighted by Gasteiger charge is 2.19. The normalized spacial score (nSPS) is 12.8. The van der Waals surface area contributed by atoms with E-state index < -0.39 is 6.10 Å². The molecule has 0 spiro atoms. The SMILES string of the molecule is CC/C=C\C/C=C\C/C=C\C/C=C\C/C=C\C/C=C\CCCCCCCCCCCCC(=O)OCC(COC(=O)CCCCCCCCCCCCCCCC)OC(=O)CCCCCCCCC/C=C\C/C=C\C/C=C\CC. The van der Waals surface area contributed by atoms with Crippen LogP contribution >= 0.6 is 0 Å². The molecule has 0 radical (unpaired) electrons. The summed E-state index contributed by atoms with van der Waals surface area (Å²) in [5, 5.41) is 0.